The Kier molecular flexibility index (Phi) is 14.4. The normalized spacial score (nSPS) is 21.3. The van der Waals surface area contributed by atoms with Crippen molar-refractivity contribution in [3.05, 3.63) is 23.8 Å². The molecule has 2 N–H and O–H groups in total. The average molecular weight is 656 g/mol. The van der Waals surface area contributed by atoms with Crippen molar-refractivity contribution >= 4 is 23.4 Å². The Morgan fingerprint density at radius 1 is 1.09 bits per heavy atom. The molecule has 2 rings (SSSR count). The summed E-state index contributed by atoms with van der Waals surface area (Å²) in [6.07, 6.45) is -12.2. The molecule has 1 aromatic rings. The molecule has 4 atom stereocenters. The summed E-state index contributed by atoms with van der Waals surface area (Å²) in [5.41, 5.74) is 0.0912. The Labute approximate surface area is 259 Å². The maximum atomic E-state index is 14.0. The van der Waals surface area contributed by atoms with Crippen LogP contribution in [0.5, 0.6) is 5.75 Å². The summed E-state index contributed by atoms with van der Waals surface area (Å²) in [7, 11) is 1.39. The van der Waals surface area contributed by atoms with E-state index in [1.807, 2.05) is 0 Å². The second-order valence-corrected chi connectivity index (χ2v) is 11.6. The number of carbonyl (C=O) groups excluding carboxylic acids is 3. The third-order valence-electron chi connectivity index (χ3n) is 7.47. The number of halogens is 6. The van der Waals surface area contributed by atoms with Crippen molar-refractivity contribution in [3.63, 3.8) is 0 Å². The molecule has 1 heterocycles. The zero-order valence-corrected chi connectivity index (χ0v) is 26.0. The Hall–Kier alpha value is -3.07. The number of ether oxygens (including phenoxy) is 2. The van der Waals surface area contributed by atoms with Gasteiger partial charge in [0.2, 0.25) is 11.8 Å². The Bertz CT molecular complexity index is 1130. The monoisotopic (exact) mass is 655 g/mol. The van der Waals surface area contributed by atoms with E-state index in [2.05, 4.69) is 5.32 Å². The van der Waals surface area contributed by atoms with Crippen molar-refractivity contribution < 1.29 is 55.3 Å². The average Bonchev–Trinajstić information content (AvgIpc) is 2.95. The Morgan fingerprint density at radius 3 is 2.36 bits per heavy atom. The first-order valence-electron chi connectivity index (χ1n) is 14.9. The fourth-order valence-electron chi connectivity index (χ4n) is 4.75. The van der Waals surface area contributed by atoms with Gasteiger partial charge in [0, 0.05) is 51.2 Å². The number of nitrogens with one attached hydrogen (secondary N) is 1. The van der Waals surface area contributed by atoms with Crippen molar-refractivity contribution in [2.24, 2.45) is 5.92 Å². The van der Waals surface area contributed by atoms with Gasteiger partial charge in [0.15, 0.2) is 0 Å². The number of amides is 3. The summed E-state index contributed by atoms with van der Waals surface area (Å²) in [6.45, 7) is 5.00. The Morgan fingerprint density at radius 2 is 1.73 bits per heavy atom. The molecule has 0 aliphatic carbocycles. The number of aliphatic hydroxyl groups excluding tert-OH is 1. The van der Waals surface area contributed by atoms with Gasteiger partial charge in [0.1, 0.15) is 5.75 Å². The van der Waals surface area contributed by atoms with Crippen LogP contribution in [0, 0.1) is 5.92 Å². The van der Waals surface area contributed by atoms with E-state index in [1.54, 1.807) is 20.8 Å². The fourth-order valence-corrected chi connectivity index (χ4v) is 4.75. The topological polar surface area (TPSA) is 108 Å². The number of rotatable bonds is 9. The second-order valence-electron chi connectivity index (χ2n) is 11.6. The highest BCUT2D eigenvalue weighted by Gasteiger charge is 2.33. The molecule has 0 fully saturated rings. The van der Waals surface area contributed by atoms with Gasteiger partial charge < -0.3 is 29.7 Å². The fraction of sp³-hybridized carbons (Fsp3) is 0.700. The van der Waals surface area contributed by atoms with Gasteiger partial charge in [-0.05, 0) is 51.3 Å². The lowest BCUT2D eigenvalue weighted by molar-refractivity contribution is -0.149. The maximum Gasteiger partial charge on any atom is 0.389 e. The van der Waals surface area contributed by atoms with Gasteiger partial charge in [-0.15, -0.1) is 0 Å². The maximum absolute atomic E-state index is 14.0. The van der Waals surface area contributed by atoms with Crippen LogP contribution < -0.4 is 10.1 Å². The predicted molar refractivity (Wildman–Crippen MR) is 154 cm³/mol. The molecule has 0 aromatic heterocycles. The van der Waals surface area contributed by atoms with Crippen molar-refractivity contribution in [1.82, 2.24) is 9.80 Å². The highest BCUT2D eigenvalue weighted by Crippen LogP contribution is 2.29. The van der Waals surface area contributed by atoms with E-state index in [4.69, 9.17) is 9.47 Å². The molecular formula is C30H43F6N3O6. The Balaban J connectivity index is 2.39. The number of alkyl halides is 6. The van der Waals surface area contributed by atoms with Crippen LogP contribution >= 0.6 is 0 Å². The van der Waals surface area contributed by atoms with Gasteiger partial charge in [0.05, 0.1) is 43.3 Å². The molecule has 1 aliphatic heterocycles. The highest BCUT2D eigenvalue weighted by molar-refractivity contribution is 5.99. The second kappa shape index (κ2) is 17.0. The third kappa shape index (κ3) is 13.4. The summed E-state index contributed by atoms with van der Waals surface area (Å²) in [6, 6.07) is 3.46. The molecule has 0 saturated carbocycles. The minimum atomic E-state index is -4.51. The minimum Gasteiger partial charge on any atom is -0.490 e. The summed E-state index contributed by atoms with van der Waals surface area (Å²) >= 11 is 0. The number of hydrogen-bond donors (Lipinski definition) is 2. The molecule has 1 aliphatic rings. The summed E-state index contributed by atoms with van der Waals surface area (Å²) in [5.74, 6) is -2.47. The van der Waals surface area contributed by atoms with E-state index in [-0.39, 0.29) is 36.2 Å². The van der Waals surface area contributed by atoms with Gasteiger partial charge in [-0.1, -0.05) is 6.92 Å². The summed E-state index contributed by atoms with van der Waals surface area (Å²) in [5, 5.41) is 12.4. The largest absolute Gasteiger partial charge is 0.490 e. The molecule has 0 bridgehead atoms. The van der Waals surface area contributed by atoms with Crippen molar-refractivity contribution in [3.8, 4) is 5.75 Å². The smallest absolute Gasteiger partial charge is 0.389 e. The number of carbonyl (C=O) groups is 3. The number of anilines is 1. The van der Waals surface area contributed by atoms with Crippen LogP contribution in [0.25, 0.3) is 0 Å². The van der Waals surface area contributed by atoms with E-state index < -0.39 is 80.4 Å². The van der Waals surface area contributed by atoms with Crippen LogP contribution in [-0.4, -0.2) is 96.6 Å². The lowest BCUT2D eigenvalue weighted by Crippen LogP contribution is -2.48. The zero-order valence-electron chi connectivity index (χ0n) is 26.0. The molecule has 3 amide bonds. The van der Waals surface area contributed by atoms with E-state index in [0.717, 1.165) is 0 Å². The molecule has 0 spiro atoms. The first-order valence-corrected chi connectivity index (χ1v) is 14.9. The predicted octanol–water partition coefficient (Wildman–Crippen LogP) is 5.56. The van der Waals surface area contributed by atoms with Crippen LogP contribution in [0.15, 0.2) is 18.2 Å². The van der Waals surface area contributed by atoms with Crippen molar-refractivity contribution in [2.75, 3.05) is 38.7 Å². The number of benzene rings is 1. The third-order valence-corrected chi connectivity index (χ3v) is 7.47. The molecule has 1 aromatic carbocycles. The van der Waals surface area contributed by atoms with Crippen molar-refractivity contribution in [2.45, 2.75) is 96.3 Å². The van der Waals surface area contributed by atoms with Gasteiger partial charge in [-0.3, -0.25) is 14.4 Å². The van der Waals surface area contributed by atoms with Gasteiger partial charge in [-0.2, -0.15) is 26.3 Å². The van der Waals surface area contributed by atoms with Gasteiger partial charge in [0.25, 0.3) is 5.91 Å². The quantitative estimate of drug-likeness (QED) is 0.337. The number of hydrogen-bond acceptors (Lipinski definition) is 6. The number of likely N-dealkylation sites (N-methyl/N-ethyl adjacent to an activating group) is 1. The van der Waals surface area contributed by atoms with E-state index in [1.165, 1.54) is 35.0 Å². The molecule has 0 radical (unpaired) electrons. The van der Waals surface area contributed by atoms with Crippen molar-refractivity contribution in [1.29, 1.82) is 0 Å². The first kappa shape index (κ1) is 38.1. The van der Waals surface area contributed by atoms with Gasteiger partial charge in [-0.25, -0.2) is 0 Å². The number of nitrogens with zero attached hydrogens (tertiary/aromatic N) is 2. The number of fused-ring (bicyclic) bond motifs is 1. The summed E-state index contributed by atoms with van der Waals surface area (Å²) in [4.78, 5) is 41.2. The van der Waals surface area contributed by atoms with Crippen LogP contribution in [0.3, 0.4) is 0 Å². The molecular weight excluding hydrogens is 612 g/mol. The molecule has 0 saturated heterocycles. The molecule has 0 unspecified atom stereocenters. The van der Waals surface area contributed by atoms with Crippen LogP contribution in [0.4, 0.5) is 32.0 Å². The lowest BCUT2D eigenvalue weighted by atomic mass is 10.0. The van der Waals surface area contributed by atoms with Crippen LogP contribution in [0.1, 0.15) is 76.1 Å². The molecule has 256 valence electrons. The summed E-state index contributed by atoms with van der Waals surface area (Å²) < 4.78 is 88.0. The van der Waals surface area contributed by atoms with E-state index >= 15 is 0 Å². The molecule has 45 heavy (non-hydrogen) atoms. The first-order chi connectivity index (χ1) is 20.9. The molecule has 15 heteroatoms. The van der Waals surface area contributed by atoms with E-state index in [9.17, 15) is 45.8 Å². The van der Waals surface area contributed by atoms with Crippen LogP contribution in [-0.2, 0) is 14.3 Å². The molecule has 9 nitrogen and oxygen atoms in total. The minimum absolute atomic E-state index is 0.00692. The van der Waals surface area contributed by atoms with Crippen LogP contribution in [0.2, 0.25) is 0 Å². The lowest BCUT2D eigenvalue weighted by Gasteiger charge is -2.36. The van der Waals surface area contributed by atoms with Gasteiger partial charge >= 0.3 is 12.4 Å². The number of aliphatic hydroxyl groups is 1. The highest BCUT2D eigenvalue weighted by atomic mass is 19.4. The zero-order chi connectivity index (χ0) is 33.9. The van der Waals surface area contributed by atoms with E-state index in [0.29, 0.717) is 25.9 Å². The standard InChI is InChI=1S/C30H43F6N3O6/c1-19-16-39(20(2)18-40)28(43)23-15-22(37-26(41)10-12-29(31,32)33)8-9-24(23)45-21(3)7-5-6-14-44-25(19)17-38(4)27(42)11-13-30(34,35)36/h8-9,15,19-21,25,40H,5-7,10-14,16-18H2,1-4H3,(H,37,41)/t19-,20+,21+,25+/m1/s1. The SMILES string of the molecule is C[C@@H]1CN([C@@H](C)CO)C(=O)c2cc(NC(=O)CCC(F)(F)F)ccc2O[C@@H](C)CCCCO[C@H]1CN(C)C(=O)CCC(F)(F)F.